The van der Waals surface area contributed by atoms with Crippen molar-refractivity contribution in [3.8, 4) is 0 Å². The van der Waals surface area contributed by atoms with Gasteiger partial charge < -0.3 is 33.8 Å². The normalized spacial score (nSPS) is 14.2. The van der Waals surface area contributed by atoms with Gasteiger partial charge in [-0.25, -0.2) is 9.13 Å². The van der Waals surface area contributed by atoms with Crippen molar-refractivity contribution < 1.29 is 80.2 Å². The number of aliphatic hydroxyl groups is 1. The molecular weight excluding hydrogens is 1340 g/mol. The lowest BCUT2D eigenvalue weighted by Gasteiger charge is -2.21. The monoisotopic (exact) mass is 1510 g/mol. The van der Waals surface area contributed by atoms with E-state index in [1.807, 2.05) is 0 Å². The highest BCUT2D eigenvalue weighted by atomic mass is 31.2. The number of carbonyl (C=O) groups excluding carboxylic acids is 4. The van der Waals surface area contributed by atoms with Crippen LogP contribution in [0.4, 0.5) is 0 Å². The van der Waals surface area contributed by atoms with Crippen LogP contribution < -0.4 is 0 Å². The zero-order valence-corrected chi connectivity index (χ0v) is 69.7. The van der Waals surface area contributed by atoms with Gasteiger partial charge in [0, 0.05) is 25.7 Å². The molecule has 0 saturated carbocycles. The van der Waals surface area contributed by atoms with E-state index in [0.29, 0.717) is 31.6 Å². The molecule has 19 heteroatoms. The average Bonchev–Trinajstić information content (AvgIpc) is 0.912. The highest BCUT2D eigenvalue weighted by molar-refractivity contribution is 7.47. The van der Waals surface area contributed by atoms with Crippen LogP contribution in [0.3, 0.4) is 0 Å². The number of hydrogen-bond acceptors (Lipinski definition) is 15. The molecule has 0 fully saturated rings. The zero-order chi connectivity index (χ0) is 76.0. The maximum atomic E-state index is 13.1. The molecule has 0 radical (unpaired) electrons. The molecule has 0 aliphatic rings. The van der Waals surface area contributed by atoms with Crippen LogP contribution in [0.25, 0.3) is 0 Å². The summed E-state index contributed by atoms with van der Waals surface area (Å²) in [4.78, 5) is 73.1. The summed E-state index contributed by atoms with van der Waals surface area (Å²) in [5.74, 6) is 1.03. The largest absolute Gasteiger partial charge is 0.472 e. The predicted molar refractivity (Wildman–Crippen MR) is 423 cm³/mol. The summed E-state index contributed by atoms with van der Waals surface area (Å²) in [6.45, 7) is 14.3. The minimum atomic E-state index is -4.96. The number of unbranched alkanes of at least 4 members (excludes halogenated alkanes) is 46. The second-order valence-electron chi connectivity index (χ2n) is 31.9. The quantitative estimate of drug-likeness (QED) is 0.0222. The minimum Gasteiger partial charge on any atom is -0.462 e. The van der Waals surface area contributed by atoms with Gasteiger partial charge in [-0.2, -0.15) is 0 Å². The van der Waals surface area contributed by atoms with Gasteiger partial charge in [-0.05, 0) is 49.4 Å². The maximum absolute atomic E-state index is 13.1. The van der Waals surface area contributed by atoms with Crippen molar-refractivity contribution in [2.75, 3.05) is 39.6 Å². The van der Waals surface area contributed by atoms with Gasteiger partial charge in [0.1, 0.15) is 19.3 Å². The van der Waals surface area contributed by atoms with Gasteiger partial charge in [-0.1, -0.05) is 383 Å². The Morgan fingerprint density at radius 1 is 0.272 bits per heavy atom. The fraction of sp³-hybridized carbons (Fsp3) is 0.952. The number of aliphatic hydroxyl groups excluding tert-OH is 1. The Hall–Kier alpha value is -1.94. The third kappa shape index (κ3) is 76.6. The number of carbonyl (C=O) groups is 4. The second-order valence-corrected chi connectivity index (χ2v) is 34.8. The number of phosphoric ester groups is 2. The lowest BCUT2D eigenvalue weighted by Crippen LogP contribution is -2.30. The molecule has 0 aliphatic heterocycles. The van der Waals surface area contributed by atoms with Gasteiger partial charge in [-0.15, -0.1) is 0 Å². The molecule has 0 aromatic carbocycles. The van der Waals surface area contributed by atoms with E-state index in [2.05, 4.69) is 55.4 Å². The Balaban J connectivity index is 5.21. The molecule has 6 atom stereocenters. The Morgan fingerprint density at radius 2 is 0.466 bits per heavy atom. The zero-order valence-electron chi connectivity index (χ0n) is 68.0. The highest BCUT2D eigenvalue weighted by Gasteiger charge is 2.30. The number of hydrogen-bond donors (Lipinski definition) is 3. The van der Waals surface area contributed by atoms with E-state index in [0.717, 1.165) is 114 Å². The topological polar surface area (TPSA) is 237 Å². The Kier molecular flexibility index (Phi) is 71.5. The molecule has 0 rings (SSSR count). The van der Waals surface area contributed by atoms with Crippen LogP contribution in [0.5, 0.6) is 0 Å². The lowest BCUT2D eigenvalue weighted by molar-refractivity contribution is -0.161. The van der Waals surface area contributed by atoms with Crippen molar-refractivity contribution in [2.45, 2.75) is 453 Å². The summed E-state index contributed by atoms with van der Waals surface area (Å²) in [5.41, 5.74) is 0. The first-order valence-electron chi connectivity index (χ1n) is 43.2. The van der Waals surface area contributed by atoms with Crippen LogP contribution in [0.15, 0.2) is 0 Å². The molecule has 0 aromatic rings. The van der Waals surface area contributed by atoms with Crippen LogP contribution >= 0.6 is 15.6 Å². The lowest BCUT2D eigenvalue weighted by atomic mass is 9.99. The first-order chi connectivity index (χ1) is 49.6. The average molecular weight is 1510 g/mol. The van der Waals surface area contributed by atoms with Crippen molar-refractivity contribution in [3.05, 3.63) is 0 Å². The molecule has 17 nitrogen and oxygen atoms in total. The van der Waals surface area contributed by atoms with Gasteiger partial charge in [-0.3, -0.25) is 37.3 Å². The molecule has 0 aromatic heterocycles. The predicted octanol–water partition coefficient (Wildman–Crippen LogP) is 25.2. The summed E-state index contributed by atoms with van der Waals surface area (Å²) in [6, 6.07) is 0. The van der Waals surface area contributed by atoms with Crippen LogP contribution in [-0.2, 0) is 65.4 Å². The number of esters is 4. The van der Waals surface area contributed by atoms with Gasteiger partial charge >= 0.3 is 39.5 Å². The van der Waals surface area contributed by atoms with Crippen LogP contribution in [0.1, 0.15) is 434 Å². The molecule has 612 valence electrons. The van der Waals surface area contributed by atoms with Gasteiger partial charge in [0.25, 0.3) is 0 Å². The van der Waals surface area contributed by atoms with E-state index in [9.17, 15) is 43.2 Å². The molecule has 0 amide bonds. The smallest absolute Gasteiger partial charge is 0.462 e. The fourth-order valence-electron chi connectivity index (χ4n) is 12.9. The standard InChI is InChI=1S/C84H164O17P2/c1-9-77(8)63-55-47-39-31-25-19-14-12-10-11-13-15-20-26-33-41-50-58-66-83(88)100-79(70-94-81(86)64-56-48-40-32-28-22-24-30-37-45-53-61-75(4)5)72-98-102(90,91)96-68-78(85)69-97-103(92,93)99-73-80(71-95-82(87)65-57-49-43-35-38-46-54-62-76(6)7)101-84(89)67-59-51-42-34-27-21-17-16-18-23-29-36-44-52-60-74(2)3/h74-80,85H,9-73H2,1-8H3,(H,90,91)(H,92,93)/t77?,78?,79-,80-/m1/s1. The van der Waals surface area contributed by atoms with E-state index >= 15 is 0 Å². The van der Waals surface area contributed by atoms with E-state index in [4.69, 9.17) is 37.0 Å². The maximum Gasteiger partial charge on any atom is 0.472 e. The summed E-state index contributed by atoms with van der Waals surface area (Å²) in [5, 5.41) is 10.7. The summed E-state index contributed by atoms with van der Waals surface area (Å²) >= 11 is 0. The highest BCUT2D eigenvalue weighted by Crippen LogP contribution is 2.45. The number of rotatable bonds is 81. The van der Waals surface area contributed by atoms with Crippen molar-refractivity contribution >= 4 is 39.5 Å². The van der Waals surface area contributed by atoms with Crippen LogP contribution in [0.2, 0.25) is 0 Å². The van der Waals surface area contributed by atoms with Gasteiger partial charge in [0.2, 0.25) is 0 Å². The minimum absolute atomic E-state index is 0.106. The summed E-state index contributed by atoms with van der Waals surface area (Å²) in [7, 11) is -9.93. The van der Waals surface area contributed by atoms with Crippen LogP contribution in [-0.4, -0.2) is 96.7 Å². The van der Waals surface area contributed by atoms with E-state index in [-0.39, 0.29) is 25.7 Å². The van der Waals surface area contributed by atoms with Gasteiger partial charge in [0.05, 0.1) is 26.4 Å². The molecule has 0 heterocycles. The van der Waals surface area contributed by atoms with Crippen molar-refractivity contribution in [1.82, 2.24) is 0 Å². The SMILES string of the molecule is CCC(C)CCCCCCCCCCCCCCCCCCCCC(=O)O[C@H](COC(=O)CCCCCCCCCCCCCC(C)C)COP(=O)(O)OCC(O)COP(=O)(O)OC[C@@H](COC(=O)CCCCCCCCCC(C)C)OC(=O)CCCCCCCCCCCCCCCCC(C)C. The van der Waals surface area contributed by atoms with Crippen molar-refractivity contribution in [1.29, 1.82) is 0 Å². The number of ether oxygens (including phenoxy) is 4. The third-order valence-electron chi connectivity index (χ3n) is 19.9. The van der Waals surface area contributed by atoms with E-state index in [1.54, 1.807) is 0 Å². The molecule has 103 heavy (non-hydrogen) atoms. The molecule has 0 aliphatic carbocycles. The molecule has 0 saturated heterocycles. The first kappa shape index (κ1) is 101. The molecule has 0 bridgehead atoms. The molecule has 0 spiro atoms. The van der Waals surface area contributed by atoms with Crippen molar-refractivity contribution in [2.24, 2.45) is 23.7 Å². The van der Waals surface area contributed by atoms with E-state index in [1.165, 1.54) is 231 Å². The number of phosphoric acid groups is 2. The fourth-order valence-corrected chi connectivity index (χ4v) is 14.5. The second kappa shape index (κ2) is 72.9. The summed E-state index contributed by atoms with van der Waals surface area (Å²) < 4.78 is 68.8. The van der Waals surface area contributed by atoms with Crippen LogP contribution in [0, 0.1) is 23.7 Å². The molecular formula is C84H164O17P2. The molecule has 3 N–H and O–H groups in total. The van der Waals surface area contributed by atoms with Gasteiger partial charge in [0.15, 0.2) is 12.2 Å². The Labute approximate surface area is 632 Å². The summed E-state index contributed by atoms with van der Waals surface area (Å²) in [6.07, 6.45) is 61.1. The Bertz CT molecular complexity index is 2010. The first-order valence-corrected chi connectivity index (χ1v) is 46.2. The Morgan fingerprint density at radius 3 is 0.689 bits per heavy atom. The molecule has 4 unspecified atom stereocenters. The van der Waals surface area contributed by atoms with E-state index < -0.39 is 97.5 Å². The van der Waals surface area contributed by atoms with Crippen molar-refractivity contribution in [3.63, 3.8) is 0 Å². The third-order valence-corrected chi connectivity index (χ3v) is 21.8.